The minimum Gasteiger partial charge on any atom is -0.304 e. The summed E-state index contributed by atoms with van der Waals surface area (Å²) in [6.45, 7) is 2.69. The highest BCUT2D eigenvalue weighted by atomic mass is 32.2. The first-order valence-corrected chi connectivity index (χ1v) is 6.44. The molecule has 1 aromatic rings. The van der Waals surface area contributed by atoms with Crippen LogP contribution in [0.2, 0.25) is 0 Å². The lowest BCUT2D eigenvalue weighted by atomic mass is 10.2. The van der Waals surface area contributed by atoms with Gasteiger partial charge in [-0.1, -0.05) is 30.0 Å². The molecular weight excluding hydrogens is 269 g/mol. The summed E-state index contributed by atoms with van der Waals surface area (Å²) in [5.41, 5.74) is 0.354. The maximum atomic E-state index is 13.8. The van der Waals surface area contributed by atoms with Crippen LogP contribution in [0.25, 0.3) is 0 Å². The standard InChI is InChI=1S/C12H12FN3O2S/c1-7(17)14-12-15-16(8(2)18)11(19-12)9-5-3-4-6-10(9)13/h3-6,11H,1-2H3,(H,14,15,17)/t11-/m0/s1. The van der Waals surface area contributed by atoms with Gasteiger partial charge < -0.3 is 5.32 Å². The van der Waals surface area contributed by atoms with E-state index < -0.39 is 11.2 Å². The highest BCUT2D eigenvalue weighted by molar-refractivity contribution is 8.14. The predicted molar refractivity (Wildman–Crippen MR) is 70.5 cm³/mol. The van der Waals surface area contributed by atoms with E-state index in [4.69, 9.17) is 0 Å². The predicted octanol–water partition coefficient (Wildman–Crippen LogP) is 1.83. The van der Waals surface area contributed by atoms with Gasteiger partial charge >= 0.3 is 0 Å². The molecule has 0 spiro atoms. The van der Waals surface area contributed by atoms with Gasteiger partial charge in [0.1, 0.15) is 11.2 Å². The first-order valence-electron chi connectivity index (χ1n) is 5.56. The molecule has 0 bridgehead atoms. The molecule has 0 unspecified atom stereocenters. The first-order chi connectivity index (χ1) is 8.99. The molecule has 1 N–H and O–H groups in total. The Balaban J connectivity index is 2.30. The highest BCUT2D eigenvalue weighted by Gasteiger charge is 2.33. The number of rotatable bonds is 1. The number of hydrogen-bond donors (Lipinski definition) is 1. The molecule has 0 fully saturated rings. The highest BCUT2D eigenvalue weighted by Crippen LogP contribution is 2.39. The van der Waals surface area contributed by atoms with Crippen molar-refractivity contribution in [2.24, 2.45) is 5.10 Å². The topological polar surface area (TPSA) is 61.8 Å². The number of hydrogen-bond acceptors (Lipinski definition) is 4. The lowest BCUT2D eigenvalue weighted by Crippen LogP contribution is -2.25. The van der Waals surface area contributed by atoms with Gasteiger partial charge in [-0.15, -0.1) is 5.10 Å². The van der Waals surface area contributed by atoms with Gasteiger partial charge in [-0.05, 0) is 6.07 Å². The van der Waals surface area contributed by atoms with E-state index in [0.717, 1.165) is 16.8 Å². The number of carbonyl (C=O) groups is 2. The number of amides is 2. The van der Waals surface area contributed by atoms with Gasteiger partial charge in [0.25, 0.3) is 0 Å². The molecule has 1 aromatic carbocycles. The quantitative estimate of drug-likeness (QED) is 0.854. The van der Waals surface area contributed by atoms with Crippen molar-refractivity contribution in [2.75, 3.05) is 0 Å². The maximum Gasteiger partial charge on any atom is 0.241 e. The zero-order valence-electron chi connectivity index (χ0n) is 10.4. The molecule has 2 amide bonds. The molecule has 0 aliphatic carbocycles. The van der Waals surface area contributed by atoms with Crippen molar-refractivity contribution in [1.29, 1.82) is 0 Å². The summed E-state index contributed by atoms with van der Waals surface area (Å²) in [5.74, 6) is -1.02. The summed E-state index contributed by atoms with van der Waals surface area (Å²) in [7, 11) is 0. The molecular formula is C12H12FN3O2S. The summed E-state index contributed by atoms with van der Waals surface area (Å²) in [6, 6.07) is 6.18. The average molecular weight is 281 g/mol. The second kappa shape index (κ2) is 5.40. The molecule has 1 heterocycles. The third-order valence-corrected chi connectivity index (χ3v) is 3.50. The van der Waals surface area contributed by atoms with E-state index in [1.54, 1.807) is 18.2 Å². The number of amidine groups is 1. The second-order valence-corrected chi connectivity index (χ2v) is 5.01. The Bertz CT molecular complexity index is 562. The third-order valence-electron chi connectivity index (χ3n) is 2.42. The van der Waals surface area contributed by atoms with Crippen LogP contribution < -0.4 is 5.32 Å². The number of benzene rings is 1. The van der Waals surface area contributed by atoms with Crippen LogP contribution in [0.4, 0.5) is 4.39 Å². The van der Waals surface area contributed by atoms with Crippen LogP contribution in [0.5, 0.6) is 0 Å². The molecule has 1 atom stereocenters. The molecule has 2 rings (SSSR count). The van der Waals surface area contributed by atoms with Crippen molar-refractivity contribution in [3.63, 3.8) is 0 Å². The Morgan fingerprint density at radius 3 is 2.63 bits per heavy atom. The normalized spacial score (nSPS) is 18.2. The van der Waals surface area contributed by atoms with Crippen LogP contribution >= 0.6 is 11.8 Å². The number of halogens is 1. The van der Waals surface area contributed by atoms with Crippen LogP contribution in [-0.2, 0) is 9.59 Å². The summed E-state index contributed by atoms with van der Waals surface area (Å²) < 4.78 is 13.8. The van der Waals surface area contributed by atoms with Crippen LogP contribution in [0.3, 0.4) is 0 Å². The molecule has 7 heteroatoms. The summed E-state index contributed by atoms with van der Waals surface area (Å²) in [6.07, 6.45) is 0. The van der Waals surface area contributed by atoms with Gasteiger partial charge in [-0.25, -0.2) is 9.40 Å². The number of nitrogens with zero attached hydrogens (tertiary/aromatic N) is 2. The van der Waals surface area contributed by atoms with Crippen LogP contribution in [0, 0.1) is 5.82 Å². The van der Waals surface area contributed by atoms with E-state index in [1.165, 1.54) is 19.9 Å². The minimum atomic E-state index is -0.597. The zero-order valence-corrected chi connectivity index (χ0v) is 11.2. The Morgan fingerprint density at radius 2 is 2.05 bits per heavy atom. The van der Waals surface area contributed by atoms with Gasteiger partial charge in [-0.3, -0.25) is 9.59 Å². The van der Waals surface area contributed by atoms with Crippen molar-refractivity contribution in [3.05, 3.63) is 35.6 Å². The van der Waals surface area contributed by atoms with Crippen molar-refractivity contribution >= 4 is 28.7 Å². The van der Waals surface area contributed by atoms with Crippen LogP contribution in [0.15, 0.2) is 29.4 Å². The molecule has 100 valence electrons. The van der Waals surface area contributed by atoms with Crippen molar-refractivity contribution in [2.45, 2.75) is 19.2 Å². The largest absolute Gasteiger partial charge is 0.304 e. The number of nitrogens with one attached hydrogen (secondary N) is 1. The van der Waals surface area contributed by atoms with Gasteiger partial charge in [0.15, 0.2) is 5.17 Å². The lowest BCUT2D eigenvalue weighted by Gasteiger charge is -2.19. The monoisotopic (exact) mass is 281 g/mol. The van der Waals surface area contributed by atoms with Crippen LogP contribution in [-0.4, -0.2) is 22.0 Å². The number of thioether (sulfide) groups is 1. The van der Waals surface area contributed by atoms with E-state index >= 15 is 0 Å². The minimum absolute atomic E-state index is 0.288. The van der Waals surface area contributed by atoms with Crippen LogP contribution in [0.1, 0.15) is 24.8 Å². The fourth-order valence-corrected chi connectivity index (χ4v) is 2.80. The summed E-state index contributed by atoms with van der Waals surface area (Å²) in [5, 5.41) is 7.35. The van der Waals surface area contributed by atoms with Crippen molar-refractivity contribution < 1.29 is 14.0 Å². The fraction of sp³-hybridized carbons (Fsp3) is 0.250. The molecule has 19 heavy (non-hydrogen) atoms. The van der Waals surface area contributed by atoms with Crippen molar-refractivity contribution in [1.82, 2.24) is 10.3 Å². The first kappa shape index (κ1) is 13.5. The SMILES string of the molecule is CC(=O)NC1=NN(C(C)=O)[C@H](c2ccccc2F)S1. The third kappa shape index (κ3) is 2.93. The van der Waals surface area contributed by atoms with E-state index in [0.29, 0.717) is 5.56 Å². The average Bonchev–Trinajstić information content (AvgIpc) is 2.72. The van der Waals surface area contributed by atoms with E-state index in [1.807, 2.05) is 0 Å². The smallest absolute Gasteiger partial charge is 0.241 e. The Labute approximate surface area is 113 Å². The van der Waals surface area contributed by atoms with Gasteiger partial charge in [0.05, 0.1) is 0 Å². The molecule has 0 saturated carbocycles. The van der Waals surface area contributed by atoms with E-state index in [9.17, 15) is 14.0 Å². The van der Waals surface area contributed by atoms with E-state index in [-0.39, 0.29) is 17.0 Å². The second-order valence-electron chi connectivity index (χ2n) is 3.94. The van der Waals surface area contributed by atoms with Gasteiger partial charge in [0.2, 0.25) is 11.8 Å². The molecule has 0 radical (unpaired) electrons. The molecule has 0 aromatic heterocycles. The molecule has 5 nitrogen and oxygen atoms in total. The van der Waals surface area contributed by atoms with Gasteiger partial charge in [-0.2, -0.15) is 0 Å². The van der Waals surface area contributed by atoms with Crippen molar-refractivity contribution in [3.8, 4) is 0 Å². The number of hydrazone groups is 1. The Morgan fingerprint density at radius 1 is 1.37 bits per heavy atom. The van der Waals surface area contributed by atoms with E-state index in [2.05, 4.69) is 10.4 Å². The summed E-state index contributed by atoms with van der Waals surface area (Å²) in [4.78, 5) is 22.5. The molecule has 1 aliphatic heterocycles. The lowest BCUT2D eigenvalue weighted by molar-refractivity contribution is -0.129. The fourth-order valence-electron chi connectivity index (χ4n) is 1.64. The summed E-state index contributed by atoms with van der Waals surface area (Å²) >= 11 is 1.13. The number of carbonyl (C=O) groups excluding carboxylic acids is 2. The molecule has 0 saturated heterocycles. The Kier molecular flexibility index (Phi) is 3.84. The maximum absolute atomic E-state index is 13.8. The van der Waals surface area contributed by atoms with Gasteiger partial charge in [0, 0.05) is 19.4 Å². The molecule has 1 aliphatic rings. The zero-order chi connectivity index (χ0) is 14.0. The Hall–Kier alpha value is -1.89.